The third kappa shape index (κ3) is 0.875. The lowest BCUT2D eigenvalue weighted by molar-refractivity contribution is 0.115. The van der Waals surface area contributed by atoms with Crippen molar-refractivity contribution in [1.82, 2.24) is 4.90 Å². The van der Waals surface area contributed by atoms with E-state index in [9.17, 15) is 0 Å². The molecule has 0 bridgehead atoms. The predicted octanol–water partition coefficient (Wildman–Crippen LogP) is 1.31. The second-order valence-electron chi connectivity index (χ2n) is 4.36. The second kappa shape index (κ2) is 2.56. The van der Waals surface area contributed by atoms with Crippen molar-refractivity contribution in [2.75, 3.05) is 13.1 Å². The van der Waals surface area contributed by atoms with Crippen LogP contribution in [0.3, 0.4) is 0 Å². The van der Waals surface area contributed by atoms with E-state index in [2.05, 4.69) is 16.1 Å². The highest BCUT2D eigenvalue weighted by molar-refractivity contribution is 5.65. The topological polar surface area (TPSA) is 15.6 Å². The summed E-state index contributed by atoms with van der Waals surface area (Å²) < 4.78 is 0. The zero-order chi connectivity index (χ0) is 7.97. The Balaban J connectivity index is 1.72. The molecule has 12 heavy (non-hydrogen) atoms. The molecule has 1 saturated carbocycles. The molecule has 0 radical (unpaired) electrons. The van der Waals surface area contributed by atoms with E-state index in [0.29, 0.717) is 0 Å². The summed E-state index contributed by atoms with van der Waals surface area (Å²) in [5, 5.41) is 0. The lowest BCUT2D eigenvalue weighted by atomic mass is 9.90. The maximum atomic E-state index is 4.39. The zero-order valence-corrected chi connectivity index (χ0v) is 7.45. The molecule has 3 aliphatic rings. The first kappa shape index (κ1) is 7.07. The summed E-state index contributed by atoms with van der Waals surface area (Å²) in [4.78, 5) is 7.12. The van der Waals surface area contributed by atoms with Crippen LogP contribution in [-0.4, -0.2) is 36.3 Å². The second-order valence-corrected chi connectivity index (χ2v) is 4.36. The van der Waals surface area contributed by atoms with E-state index in [0.717, 1.165) is 24.5 Å². The lowest BCUT2D eigenvalue weighted by Crippen LogP contribution is -2.44. The molecule has 66 valence electrons. The monoisotopic (exact) mass is 164 g/mol. The lowest BCUT2D eigenvalue weighted by Gasteiger charge is -2.38. The fourth-order valence-corrected chi connectivity index (χ4v) is 2.79. The minimum atomic E-state index is 0.801. The Morgan fingerprint density at radius 2 is 2.17 bits per heavy atom. The molecule has 2 unspecified atom stereocenters. The van der Waals surface area contributed by atoms with Gasteiger partial charge in [-0.05, 0) is 25.8 Å². The van der Waals surface area contributed by atoms with Crippen molar-refractivity contribution in [3.63, 3.8) is 0 Å². The molecule has 2 atom stereocenters. The number of fused-ring (bicyclic) bond motifs is 1. The van der Waals surface area contributed by atoms with Crippen LogP contribution in [0.4, 0.5) is 0 Å². The molecule has 2 aliphatic heterocycles. The van der Waals surface area contributed by atoms with Gasteiger partial charge in [0.25, 0.3) is 0 Å². The minimum absolute atomic E-state index is 0.801. The van der Waals surface area contributed by atoms with Gasteiger partial charge in [0.1, 0.15) is 0 Å². The summed E-state index contributed by atoms with van der Waals surface area (Å²) >= 11 is 0. The van der Waals surface area contributed by atoms with Gasteiger partial charge in [-0.25, -0.2) is 0 Å². The average Bonchev–Trinajstić information content (AvgIpc) is 2.48. The van der Waals surface area contributed by atoms with E-state index in [1.807, 2.05) is 0 Å². The maximum Gasteiger partial charge on any atom is 0.0547 e. The Morgan fingerprint density at radius 1 is 1.25 bits per heavy atom. The molecule has 0 N–H and O–H groups in total. The SMILES string of the molecule is C1=NCC2C1CCN2C1CCC1. The van der Waals surface area contributed by atoms with Crippen LogP contribution in [0.2, 0.25) is 0 Å². The van der Waals surface area contributed by atoms with Crippen LogP contribution in [0.1, 0.15) is 25.7 Å². The number of rotatable bonds is 1. The normalized spacial score (nSPS) is 41.7. The van der Waals surface area contributed by atoms with E-state index >= 15 is 0 Å². The highest BCUT2D eigenvalue weighted by atomic mass is 15.2. The van der Waals surface area contributed by atoms with Crippen molar-refractivity contribution in [3.05, 3.63) is 0 Å². The molecule has 3 rings (SSSR count). The van der Waals surface area contributed by atoms with Gasteiger partial charge in [0.2, 0.25) is 0 Å². The minimum Gasteiger partial charge on any atom is -0.296 e. The molecule has 2 fully saturated rings. The Bertz CT molecular complexity index is 208. The fraction of sp³-hybridized carbons (Fsp3) is 0.900. The molecule has 0 aromatic heterocycles. The summed E-state index contributed by atoms with van der Waals surface area (Å²) in [6.45, 7) is 2.42. The van der Waals surface area contributed by atoms with Crippen molar-refractivity contribution < 1.29 is 0 Å². The van der Waals surface area contributed by atoms with Gasteiger partial charge in [-0.15, -0.1) is 0 Å². The summed E-state index contributed by atoms with van der Waals surface area (Å²) in [6.07, 6.45) is 7.92. The first-order valence-corrected chi connectivity index (χ1v) is 5.21. The van der Waals surface area contributed by atoms with E-state index in [1.54, 1.807) is 0 Å². The van der Waals surface area contributed by atoms with Crippen LogP contribution >= 0.6 is 0 Å². The van der Waals surface area contributed by atoms with Gasteiger partial charge in [-0.3, -0.25) is 9.89 Å². The van der Waals surface area contributed by atoms with Gasteiger partial charge >= 0.3 is 0 Å². The first-order chi connectivity index (χ1) is 5.95. The number of nitrogens with zero attached hydrogens (tertiary/aromatic N) is 2. The van der Waals surface area contributed by atoms with Crippen molar-refractivity contribution in [1.29, 1.82) is 0 Å². The van der Waals surface area contributed by atoms with Gasteiger partial charge in [-0.1, -0.05) is 6.42 Å². The van der Waals surface area contributed by atoms with Crippen molar-refractivity contribution in [2.45, 2.75) is 37.8 Å². The molecule has 2 heterocycles. The van der Waals surface area contributed by atoms with Crippen LogP contribution in [0.5, 0.6) is 0 Å². The van der Waals surface area contributed by atoms with Crippen LogP contribution in [0, 0.1) is 5.92 Å². The number of hydrogen-bond donors (Lipinski definition) is 0. The van der Waals surface area contributed by atoms with Gasteiger partial charge in [0.15, 0.2) is 0 Å². The Hall–Kier alpha value is -0.370. The smallest absolute Gasteiger partial charge is 0.0547 e. The van der Waals surface area contributed by atoms with E-state index in [4.69, 9.17) is 0 Å². The van der Waals surface area contributed by atoms with Gasteiger partial charge in [0, 0.05) is 24.2 Å². The van der Waals surface area contributed by atoms with Crippen LogP contribution in [-0.2, 0) is 0 Å². The molecule has 0 aromatic rings. The fourth-order valence-electron chi connectivity index (χ4n) is 2.79. The van der Waals surface area contributed by atoms with Crippen molar-refractivity contribution in [3.8, 4) is 0 Å². The summed E-state index contributed by atoms with van der Waals surface area (Å²) in [7, 11) is 0. The third-order valence-electron chi connectivity index (χ3n) is 3.77. The van der Waals surface area contributed by atoms with Gasteiger partial charge in [-0.2, -0.15) is 0 Å². The van der Waals surface area contributed by atoms with Gasteiger partial charge in [0.05, 0.1) is 6.54 Å². The third-order valence-corrected chi connectivity index (χ3v) is 3.77. The molecule has 0 aromatic carbocycles. The number of likely N-dealkylation sites (tertiary alicyclic amines) is 1. The first-order valence-electron chi connectivity index (χ1n) is 5.21. The van der Waals surface area contributed by atoms with Crippen LogP contribution < -0.4 is 0 Å². The van der Waals surface area contributed by atoms with Crippen molar-refractivity contribution in [2.24, 2.45) is 10.9 Å². The highest BCUT2D eigenvalue weighted by Crippen LogP contribution is 2.35. The predicted molar refractivity (Wildman–Crippen MR) is 49.6 cm³/mol. The summed E-state index contributed by atoms with van der Waals surface area (Å²) in [6, 6.07) is 1.73. The van der Waals surface area contributed by atoms with E-state index < -0.39 is 0 Å². The largest absolute Gasteiger partial charge is 0.296 e. The highest BCUT2D eigenvalue weighted by Gasteiger charge is 2.40. The average molecular weight is 164 g/mol. The number of aliphatic imine (C=N–C) groups is 1. The van der Waals surface area contributed by atoms with Crippen molar-refractivity contribution >= 4 is 6.21 Å². The van der Waals surface area contributed by atoms with Crippen LogP contribution in [0.15, 0.2) is 4.99 Å². The molecular formula is C10H16N2. The Morgan fingerprint density at radius 3 is 2.92 bits per heavy atom. The summed E-state index contributed by atoms with van der Waals surface area (Å²) in [5.74, 6) is 0.811. The Labute approximate surface area is 73.7 Å². The maximum absolute atomic E-state index is 4.39. The Kier molecular flexibility index (Phi) is 1.51. The summed E-state index contributed by atoms with van der Waals surface area (Å²) in [5.41, 5.74) is 0. The van der Waals surface area contributed by atoms with E-state index in [-0.39, 0.29) is 0 Å². The molecular weight excluding hydrogens is 148 g/mol. The van der Waals surface area contributed by atoms with Crippen LogP contribution in [0.25, 0.3) is 0 Å². The molecule has 1 saturated heterocycles. The molecule has 0 spiro atoms. The molecule has 0 amide bonds. The molecule has 2 heteroatoms. The number of hydrogen-bond acceptors (Lipinski definition) is 2. The quantitative estimate of drug-likeness (QED) is 0.570. The molecule has 1 aliphatic carbocycles. The standard InChI is InChI=1S/C10H16N2/c1-2-9(3-1)12-5-4-8-6-11-7-10(8)12/h6,8-10H,1-5,7H2. The van der Waals surface area contributed by atoms with Gasteiger partial charge < -0.3 is 0 Å². The van der Waals surface area contributed by atoms with E-state index in [1.165, 1.54) is 32.2 Å². The zero-order valence-electron chi connectivity index (χ0n) is 7.45. The molecule has 2 nitrogen and oxygen atoms in total.